The predicted octanol–water partition coefficient (Wildman–Crippen LogP) is 11.7. The summed E-state index contributed by atoms with van der Waals surface area (Å²) in [6.45, 7) is 19.4. The first-order chi connectivity index (χ1) is 60.4. The van der Waals surface area contributed by atoms with Crippen LogP contribution in [-0.4, -0.2) is 217 Å². The van der Waals surface area contributed by atoms with Crippen molar-refractivity contribution in [1.82, 2.24) is 63.4 Å². The zero-order valence-corrected chi connectivity index (χ0v) is 72.4. The molecular weight excluding hydrogens is 1580 g/mol. The Kier molecular flexibility index (Phi) is 30.1. The molecule has 4 aliphatic heterocycles. The van der Waals surface area contributed by atoms with E-state index in [9.17, 15) is 28.8 Å². The molecular formula is C92H115N27O6. The van der Waals surface area contributed by atoms with Gasteiger partial charge < -0.3 is 93.7 Å². The largest absolute Gasteiger partial charge is 0.365 e. The van der Waals surface area contributed by atoms with E-state index in [0.717, 1.165) is 160 Å². The number of benzene rings is 5. The van der Waals surface area contributed by atoms with E-state index in [4.69, 9.17) is 37.1 Å². The third-order valence-corrected chi connectivity index (χ3v) is 21.8. The van der Waals surface area contributed by atoms with Crippen molar-refractivity contribution < 1.29 is 28.8 Å². The molecule has 11 aromatic rings. The van der Waals surface area contributed by atoms with E-state index in [2.05, 4.69) is 113 Å². The number of nitrogens with two attached hydrogens (primary N) is 3. The first kappa shape index (κ1) is 89.3. The number of amides is 6. The van der Waals surface area contributed by atoms with Gasteiger partial charge in [0.1, 0.15) is 23.3 Å². The molecule has 4 fully saturated rings. The van der Waals surface area contributed by atoms with E-state index in [0.29, 0.717) is 95.1 Å². The van der Waals surface area contributed by atoms with E-state index in [-0.39, 0.29) is 65.7 Å². The van der Waals surface area contributed by atoms with Gasteiger partial charge in [0.05, 0.1) is 18.7 Å². The van der Waals surface area contributed by atoms with Gasteiger partial charge in [0.25, 0.3) is 17.7 Å². The number of aryl methyl sites for hydroxylation is 2. The van der Waals surface area contributed by atoms with Gasteiger partial charge in [-0.1, -0.05) is 44.7 Å². The molecule has 4 atom stereocenters. The topological polar surface area (TPSA) is 400 Å². The van der Waals surface area contributed by atoms with Crippen molar-refractivity contribution in [3.63, 3.8) is 0 Å². The Bertz CT molecular complexity index is 5660. The fraction of sp³-hybridized carbons (Fsp3) is 0.359. The Balaban J connectivity index is 0.000000161. The van der Waals surface area contributed by atoms with Crippen molar-refractivity contribution in [1.29, 1.82) is 0 Å². The van der Waals surface area contributed by atoms with Crippen LogP contribution in [0.1, 0.15) is 127 Å². The molecule has 33 nitrogen and oxygen atoms in total. The van der Waals surface area contributed by atoms with Crippen LogP contribution in [-0.2, 0) is 27.2 Å². The zero-order chi connectivity index (χ0) is 88.2. The molecule has 0 aliphatic carbocycles. The molecule has 15 rings (SSSR count). The summed E-state index contributed by atoms with van der Waals surface area (Å²) in [6.07, 6.45) is 23.0. The Morgan fingerprint density at radius 3 is 1.44 bits per heavy atom. The molecule has 6 aromatic heterocycles. The molecule has 14 N–H and O–H groups in total. The van der Waals surface area contributed by atoms with Gasteiger partial charge in [-0.05, 0) is 222 Å². The first-order valence-corrected chi connectivity index (χ1v) is 42.8. The number of carbonyl (C=O) groups is 6. The number of piperidine rings is 4. The molecule has 125 heavy (non-hydrogen) atoms. The Morgan fingerprint density at radius 2 is 0.952 bits per heavy atom. The fourth-order valence-corrected chi connectivity index (χ4v) is 15.3. The lowest BCUT2D eigenvalue weighted by Crippen LogP contribution is -2.45. The lowest BCUT2D eigenvalue weighted by molar-refractivity contribution is -0.112. The number of rotatable bonds is 27. The predicted molar refractivity (Wildman–Crippen MR) is 497 cm³/mol. The number of carbonyl (C=O) groups excluding carboxylic acids is 6. The molecule has 654 valence electrons. The SMILES string of the molecule is C=CC(=O)Nc1ccc(C(=O)N2CCCC(Nc3cc(N4CCCC(N)C4)nc4c(CC)cnn34)C2)cc1.CC(C)n1cnc2c(Nc3cccc(NC(=O)c4ccc(NC(=O)/C=C/CN(C)C)cc4)c3)nc(N3CCCC(N)C3)nc21.CCc1cnn2c(Nc3cccc(NC(=O)c4ccc(NC(=O)/C=C/CN(C)C)cc4)c3)cc(N3CCCC(N)C3)nc12. The molecule has 5 aromatic carbocycles. The molecule has 4 saturated heterocycles. The summed E-state index contributed by atoms with van der Waals surface area (Å²) in [7, 11) is 7.73. The summed E-state index contributed by atoms with van der Waals surface area (Å²) < 4.78 is 5.73. The van der Waals surface area contributed by atoms with Crippen LogP contribution in [0.4, 0.5) is 74.8 Å². The third kappa shape index (κ3) is 23.9. The van der Waals surface area contributed by atoms with Gasteiger partial charge >= 0.3 is 0 Å². The minimum absolute atomic E-state index is 0.0201. The van der Waals surface area contributed by atoms with Gasteiger partial charge in [-0.15, -0.1) is 0 Å². The maximum Gasteiger partial charge on any atom is 0.255 e. The highest BCUT2D eigenvalue weighted by molar-refractivity contribution is 6.07. The van der Waals surface area contributed by atoms with Gasteiger partial charge in [-0.3, -0.25) is 28.8 Å². The quantitative estimate of drug-likeness (QED) is 0.0213. The molecule has 4 aliphatic rings. The first-order valence-electron chi connectivity index (χ1n) is 42.8. The van der Waals surface area contributed by atoms with Crippen LogP contribution < -0.4 is 74.4 Å². The van der Waals surface area contributed by atoms with Gasteiger partial charge in [0.15, 0.2) is 28.3 Å². The van der Waals surface area contributed by atoms with Crippen molar-refractivity contribution in [2.24, 2.45) is 17.2 Å². The minimum Gasteiger partial charge on any atom is -0.365 e. The van der Waals surface area contributed by atoms with Crippen LogP contribution in [0.3, 0.4) is 0 Å². The smallest absolute Gasteiger partial charge is 0.255 e. The Morgan fingerprint density at radius 1 is 0.496 bits per heavy atom. The minimum atomic E-state index is -0.284. The maximum atomic E-state index is 13.3. The molecule has 33 heteroatoms. The van der Waals surface area contributed by atoms with Crippen LogP contribution >= 0.6 is 0 Å². The second-order valence-corrected chi connectivity index (χ2v) is 32.6. The average Bonchev–Trinajstić information content (AvgIpc) is 1.67. The van der Waals surface area contributed by atoms with E-state index >= 15 is 0 Å². The van der Waals surface area contributed by atoms with E-state index < -0.39 is 0 Å². The number of aromatic nitrogens is 10. The number of nitrogens with zero attached hydrogens (tertiary/aromatic N) is 16. The van der Waals surface area contributed by atoms with Crippen LogP contribution in [0.15, 0.2) is 189 Å². The third-order valence-electron chi connectivity index (χ3n) is 21.8. The number of likely N-dealkylation sites (N-methyl/N-ethyl adjacent to an activating group) is 2. The maximum absolute atomic E-state index is 13.3. The lowest BCUT2D eigenvalue weighted by atomic mass is 10.0. The molecule has 0 spiro atoms. The summed E-state index contributed by atoms with van der Waals surface area (Å²) in [4.78, 5) is 112. The highest BCUT2D eigenvalue weighted by atomic mass is 16.2. The summed E-state index contributed by atoms with van der Waals surface area (Å²) >= 11 is 0. The molecule has 10 heterocycles. The van der Waals surface area contributed by atoms with Gasteiger partial charge in [0, 0.05) is 188 Å². The van der Waals surface area contributed by atoms with Crippen LogP contribution in [0.5, 0.6) is 0 Å². The number of likely N-dealkylation sites (tertiary alicyclic amines) is 1. The van der Waals surface area contributed by atoms with Crippen molar-refractivity contribution in [3.8, 4) is 0 Å². The fourth-order valence-electron chi connectivity index (χ4n) is 15.3. The van der Waals surface area contributed by atoms with Crippen LogP contribution in [0.2, 0.25) is 0 Å². The van der Waals surface area contributed by atoms with Crippen LogP contribution in [0, 0.1) is 0 Å². The van der Waals surface area contributed by atoms with Gasteiger partial charge in [0.2, 0.25) is 23.7 Å². The van der Waals surface area contributed by atoms with Crippen molar-refractivity contribution in [3.05, 3.63) is 217 Å². The molecule has 0 radical (unpaired) electrons. The number of imidazole rings is 1. The van der Waals surface area contributed by atoms with Crippen molar-refractivity contribution >= 4 is 133 Å². The summed E-state index contributed by atoms with van der Waals surface area (Å²) in [5, 5.41) is 34.0. The summed E-state index contributed by atoms with van der Waals surface area (Å²) in [6, 6.07) is 40.1. The molecule has 4 unspecified atom stereocenters. The number of hydrogen-bond donors (Lipinski definition) is 11. The molecule has 0 saturated carbocycles. The Hall–Kier alpha value is -13.5. The Labute approximate surface area is 728 Å². The number of hydrogen-bond acceptors (Lipinski definition) is 24. The number of anilines is 13. The van der Waals surface area contributed by atoms with E-state index in [1.54, 1.807) is 91.3 Å². The van der Waals surface area contributed by atoms with E-state index in [1.807, 2.05) is 123 Å². The second kappa shape index (κ2) is 42.1. The average molecular weight is 1700 g/mol. The number of fused-ring (bicyclic) bond motifs is 3. The van der Waals surface area contributed by atoms with Crippen molar-refractivity contribution in [2.75, 3.05) is 151 Å². The molecule has 6 amide bonds. The number of nitrogens with one attached hydrogen (secondary N) is 8. The summed E-state index contributed by atoms with van der Waals surface area (Å²) in [5.41, 5.74) is 30.2. The zero-order valence-electron chi connectivity index (χ0n) is 72.4. The second-order valence-electron chi connectivity index (χ2n) is 32.6. The molecule has 0 bridgehead atoms. The van der Waals surface area contributed by atoms with Gasteiger partial charge in [-0.2, -0.15) is 29.2 Å². The summed E-state index contributed by atoms with van der Waals surface area (Å²) in [5.74, 6) is 3.37. The van der Waals surface area contributed by atoms with Crippen molar-refractivity contribution in [2.45, 2.75) is 122 Å². The normalized spacial score (nSPS) is 16.7. The van der Waals surface area contributed by atoms with Gasteiger partial charge in [-0.25, -0.2) is 15.0 Å². The van der Waals surface area contributed by atoms with Crippen LogP contribution in [0.25, 0.3) is 22.5 Å². The highest BCUT2D eigenvalue weighted by Crippen LogP contribution is 2.33. The lowest BCUT2D eigenvalue weighted by Gasteiger charge is -2.34. The monoisotopic (exact) mass is 1690 g/mol. The van der Waals surface area contributed by atoms with E-state index in [1.165, 1.54) is 18.2 Å². The standard InChI is InChI=1S/C32H40N10O2.C32H39N9O2.C28H36N8O2/c1-21(2)42-20-34-28-29(38-32(39-30(28)42)41-17-6-8-23(33)19-41)36-25-9-5-10-26(18-25)37-31(44)22-12-14-24(15-13-22)35-27(43)11-7-16-40(3)4;1-4-22-20-34-41-29(19-28(38-31(22)41)40-17-6-8-24(33)21-40)35-26-9-5-10-27(18-26)37-32(43)23-12-14-25(15-13-23)36-30(42)11-7-16-39(2)3;1-3-19-16-30-36-25(15-24(33-27(19)36)34-13-5-7-21(29)17-34)31-23-8-6-14-35(18-23)28(38)20-9-11-22(12-10-20)32-26(37)4-2/h5,7,9-15,18,20-21,23H,6,8,16-17,19,33H2,1-4H3,(H,35,43)(H,37,44)(H,36,38,39);5,7,9-15,18-20,24,35H,4,6,8,16-17,21,33H2,1-3H3,(H,36,42)(H,37,43);4,9-12,15-16,21,23,31H,2-3,5-8,13-14,17-18,29H2,1H3,(H,32,37)/b2*11-7+;. The highest BCUT2D eigenvalue weighted by Gasteiger charge is 2.29.